The van der Waals surface area contributed by atoms with E-state index in [9.17, 15) is 13.2 Å². The van der Waals surface area contributed by atoms with Crippen LogP contribution in [0.2, 0.25) is 0 Å². The smallest absolute Gasteiger partial charge is 0.257 e. The van der Waals surface area contributed by atoms with E-state index in [4.69, 9.17) is 11.5 Å². The number of pyridine rings is 1. The van der Waals surface area contributed by atoms with E-state index in [0.717, 1.165) is 11.4 Å². The Bertz CT molecular complexity index is 1110. The van der Waals surface area contributed by atoms with Crippen molar-refractivity contribution in [1.82, 2.24) is 10.3 Å². The molecule has 2 aromatic rings. The summed E-state index contributed by atoms with van der Waals surface area (Å²) in [6.45, 7) is 5.95. The van der Waals surface area contributed by atoms with Crippen molar-refractivity contribution in [3.05, 3.63) is 70.4 Å². The number of anilines is 2. The molecule has 9 nitrogen and oxygen atoms in total. The molecule has 1 aliphatic heterocycles. The van der Waals surface area contributed by atoms with Gasteiger partial charge < -0.3 is 32.0 Å². The molecule has 3 rings (SSSR count). The fourth-order valence-corrected chi connectivity index (χ4v) is 4.52. The fraction of sp³-hybridized carbons (Fsp3) is 0.286. The van der Waals surface area contributed by atoms with Gasteiger partial charge in [0.05, 0.1) is 22.9 Å². The first-order valence-electron chi connectivity index (χ1n) is 9.93. The highest BCUT2D eigenvalue weighted by Crippen LogP contribution is 2.23. The SMILES string of the molecule is C=C(Nc1ccc(N2CCS(=O)(=O)CC2)cc1)c1c(/C=C(\N)NCCN)cc[nH]c1=O. The Morgan fingerprint density at radius 2 is 1.87 bits per heavy atom. The Kier molecular flexibility index (Phi) is 7.03. The Balaban J connectivity index is 1.74. The summed E-state index contributed by atoms with van der Waals surface area (Å²) >= 11 is 0. The number of rotatable bonds is 8. The molecule has 0 radical (unpaired) electrons. The summed E-state index contributed by atoms with van der Waals surface area (Å²) in [4.78, 5) is 17.2. The van der Waals surface area contributed by atoms with Gasteiger partial charge in [-0.05, 0) is 42.0 Å². The summed E-state index contributed by atoms with van der Waals surface area (Å²) in [6.07, 6.45) is 3.22. The first kappa shape index (κ1) is 22.4. The zero-order chi connectivity index (χ0) is 22.4. The molecule has 0 amide bonds. The molecule has 1 fully saturated rings. The molecule has 31 heavy (non-hydrogen) atoms. The number of benzene rings is 1. The maximum absolute atomic E-state index is 12.5. The maximum atomic E-state index is 12.5. The highest BCUT2D eigenvalue weighted by atomic mass is 32.2. The number of H-pyrrole nitrogens is 1. The van der Waals surface area contributed by atoms with Crippen LogP contribution in [-0.4, -0.2) is 51.1 Å². The van der Waals surface area contributed by atoms with Gasteiger partial charge >= 0.3 is 0 Å². The summed E-state index contributed by atoms with van der Waals surface area (Å²) in [5.74, 6) is 0.735. The number of hydrogen-bond donors (Lipinski definition) is 5. The van der Waals surface area contributed by atoms with Gasteiger partial charge in [-0.15, -0.1) is 0 Å². The van der Waals surface area contributed by atoms with Crippen LogP contribution in [0.25, 0.3) is 11.8 Å². The van der Waals surface area contributed by atoms with Crippen LogP contribution >= 0.6 is 0 Å². The van der Waals surface area contributed by atoms with Gasteiger partial charge in [0.2, 0.25) is 0 Å². The summed E-state index contributed by atoms with van der Waals surface area (Å²) in [6, 6.07) is 9.31. The Hall–Kier alpha value is -3.24. The second-order valence-electron chi connectivity index (χ2n) is 7.24. The van der Waals surface area contributed by atoms with Crippen LogP contribution in [0.15, 0.2) is 53.7 Å². The first-order valence-corrected chi connectivity index (χ1v) is 11.8. The Morgan fingerprint density at radius 1 is 1.19 bits per heavy atom. The summed E-state index contributed by atoms with van der Waals surface area (Å²) in [5.41, 5.74) is 14.3. The summed E-state index contributed by atoms with van der Waals surface area (Å²) < 4.78 is 23.2. The number of aromatic amines is 1. The minimum atomic E-state index is -2.92. The lowest BCUT2D eigenvalue weighted by Gasteiger charge is -2.28. The maximum Gasteiger partial charge on any atom is 0.257 e. The number of hydrogen-bond acceptors (Lipinski definition) is 8. The molecule has 0 atom stereocenters. The van der Waals surface area contributed by atoms with E-state index < -0.39 is 9.84 Å². The monoisotopic (exact) mass is 444 g/mol. The lowest BCUT2D eigenvalue weighted by atomic mass is 10.1. The van der Waals surface area contributed by atoms with E-state index in [1.807, 2.05) is 29.2 Å². The standard InChI is InChI=1S/C21H28N6O3S/c1-15(20-16(6-8-25-21(20)28)14-19(23)24-9-7-22)26-17-2-4-18(5-3-17)27-10-12-31(29,30)13-11-27/h2-6,8,14,24,26H,1,7,9-13,22-23H2,(H,25,28)/b19-14+. The highest BCUT2D eigenvalue weighted by molar-refractivity contribution is 7.91. The van der Waals surface area contributed by atoms with Crippen molar-refractivity contribution >= 4 is 33.0 Å². The van der Waals surface area contributed by atoms with Crippen LogP contribution in [0, 0.1) is 0 Å². The van der Waals surface area contributed by atoms with Gasteiger partial charge in [-0.1, -0.05) is 6.58 Å². The topological polar surface area (TPSA) is 146 Å². The molecule has 0 bridgehead atoms. The van der Waals surface area contributed by atoms with Crippen LogP contribution in [-0.2, 0) is 9.84 Å². The molecule has 0 saturated carbocycles. The third-order valence-corrected chi connectivity index (χ3v) is 6.56. The molecule has 166 valence electrons. The molecule has 7 N–H and O–H groups in total. The predicted molar refractivity (Wildman–Crippen MR) is 126 cm³/mol. The molecular formula is C21H28N6O3S. The van der Waals surface area contributed by atoms with E-state index in [-0.39, 0.29) is 17.1 Å². The first-order chi connectivity index (χ1) is 14.8. The van der Waals surface area contributed by atoms with Crippen molar-refractivity contribution < 1.29 is 8.42 Å². The highest BCUT2D eigenvalue weighted by Gasteiger charge is 2.21. The summed E-state index contributed by atoms with van der Waals surface area (Å²) in [5, 5.41) is 6.13. The van der Waals surface area contributed by atoms with E-state index in [1.165, 1.54) is 0 Å². The molecule has 0 spiro atoms. The molecule has 0 unspecified atom stereocenters. The molecule has 1 aromatic heterocycles. The van der Waals surface area contributed by atoms with E-state index in [2.05, 4.69) is 22.2 Å². The van der Waals surface area contributed by atoms with Gasteiger partial charge in [-0.2, -0.15) is 0 Å². The largest absolute Gasteiger partial charge is 0.386 e. The zero-order valence-electron chi connectivity index (χ0n) is 17.2. The van der Waals surface area contributed by atoms with E-state index in [0.29, 0.717) is 48.8 Å². The van der Waals surface area contributed by atoms with Gasteiger partial charge in [-0.3, -0.25) is 4.79 Å². The summed E-state index contributed by atoms with van der Waals surface area (Å²) in [7, 11) is -2.92. The van der Waals surface area contributed by atoms with Gasteiger partial charge in [0.25, 0.3) is 5.56 Å². The average Bonchev–Trinajstić information content (AvgIpc) is 2.73. The van der Waals surface area contributed by atoms with Crippen molar-refractivity contribution in [2.24, 2.45) is 11.5 Å². The number of sulfone groups is 1. The van der Waals surface area contributed by atoms with Gasteiger partial charge in [0.1, 0.15) is 0 Å². The molecule has 1 aliphatic rings. The van der Waals surface area contributed by atoms with Crippen molar-refractivity contribution in [1.29, 1.82) is 0 Å². The normalized spacial score (nSPS) is 16.0. The van der Waals surface area contributed by atoms with Crippen molar-refractivity contribution in [3.63, 3.8) is 0 Å². The molecule has 2 heterocycles. The van der Waals surface area contributed by atoms with Crippen molar-refractivity contribution in [2.45, 2.75) is 0 Å². The van der Waals surface area contributed by atoms with E-state index >= 15 is 0 Å². The van der Waals surface area contributed by atoms with E-state index in [1.54, 1.807) is 18.3 Å². The van der Waals surface area contributed by atoms with Crippen LogP contribution < -0.4 is 32.6 Å². The Morgan fingerprint density at radius 3 is 2.52 bits per heavy atom. The third kappa shape index (κ3) is 5.89. The quantitative estimate of drug-likeness (QED) is 0.396. The lowest BCUT2D eigenvalue weighted by Crippen LogP contribution is -2.40. The second kappa shape index (κ2) is 9.71. The van der Waals surface area contributed by atoms with Gasteiger partial charge in [0, 0.05) is 49.4 Å². The van der Waals surface area contributed by atoms with Crippen LogP contribution in [0.3, 0.4) is 0 Å². The molecular weight excluding hydrogens is 416 g/mol. The number of nitrogens with two attached hydrogens (primary N) is 2. The van der Waals surface area contributed by atoms with Crippen molar-refractivity contribution in [2.75, 3.05) is 47.9 Å². The molecule has 1 saturated heterocycles. The molecule has 1 aromatic carbocycles. The van der Waals surface area contributed by atoms with Crippen LogP contribution in [0.1, 0.15) is 11.1 Å². The second-order valence-corrected chi connectivity index (χ2v) is 9.55. The number of aromatic nitrogens is 1. The molecule has 10 heteroatoms. The zero-order valence-corrected chi connectivity index (χ0v) is 18.0. The lowest BCUT2D eigenvalue weighted by molar-refractivity contribution is 0.587. The Labute approximate surface area is 181 Å². The predicted octanol–water partition coefficient (Wildman–Crippen LogP) is 0.498. The number of nitrogens with one attached hydrogen (secondary N) is 3. The van der Waals surface area contributed by atoms with Crippen LogP contribution in [0.4, 0.5) is 11.4 Å². The van der Waals surface area contributed by atoms with Gasteiger partial charge in [-0.25, -0.2) is 8.42 Å². The minimum absolute atomic E-state index is 0.167. The van der Waals surface area contributed by atoms with Crippen molar-refractivity contribution in [3.8, 4) is 0 Å². The third-order valence-electron chi connectivity index (χ3n) is 4.95. The van der Waals surface area contributed by atoms with Gasteiger partial charge in [0.15, 0.2) is 9.84 Å². The fourth-order valence-electron chi connectivity index (χ4n) is 3.32. The van der Waals surface area contributed by atoms with Crippen LogP contribution in [0.5, 0.6) is 0 Å². The average molecular weight is 445 g/mol. The number of nitrogens with zero attached hydrogens (tertiary/aromatic N) is 1. The molecule has 0 aliphatic carbocycles. The minimum Gasteiger partial charge on any atom is -0.386 e.